The fraction of sp³-hybridized carbons (Fsp3) is 0.167. The fourth-order valence-electron chi connectivity index (χ4n) is 2.14. The van der Waals surface area contributed by atoms with E-state index in [-0.39, 0.29) is 23.6 Å². The third-order valence-electron chi connectivity index (χ3n) is 3.41. The van der Waals surface area contributed by atoms with Gasteiger partial charge in [0.05, 0.1) is 4.92 Å². The van der Waals surface area contributed by atoms with Gasteiger partial charge in [-0.3, -0.25) is 10.1 Å². The Morgan fingerprint density at radius 3 is 2.54 bits per heavy atom. The van der Waals surface area contributed by atoms with Crippen LogP contribution in [0.4, 0.5) is 5.69 Å². The molecule has 0 bridgehead atoms. The topological polar surface area (TPSA) is 89.7 Å². The molecule has 0 aliphatic heterocycles. The lowest BCUT2D eigenvalue weighted by molar-refractivity contribution is -0.386. The monoisotopic (exact) mass is 327 g/mol. The normalized spacial score (nSPS) is 11.1. The summed E-state index contributed by atoms with van der Waals surface area (Å²) in [6.07, 6.45) is 1.76. The number of nitro groups is 1. The van der Waals surface area contributed by atoms with Gasteiger partial charge in [-0.2, -0.15) is 0 Å². The lowest BCUT2D eigenvalue weighted by Crippen LogP contribution is -2.01. The number of aliphatic carboxylic acids is 1. The van der Waals surface area contributed by atoms with Crippen LogP contribution in [0, 0.1) is 10.1 Å². The average molecular weight is 327 g/mol. The van der Waals surface area contributed by atoms with Gasteiger partial charge < -0.3 is 9.84 Å². The highest BCUT2D eigenvalue weighted by Gasteiger charge is 2.16. The van der Waals surface area contributed by atoms with Crippen LogP contribution in [0.1, 0.15) is 24.5 Å². The zero-order valence-corrected chi connectivity index (χ0v) is 13.1. The zero-order chi connectivity index (χ0) is 17.5. The largest absolute Gasteiger partial charge is 0.482 e. The van der Waals surface area contributed by atoms with E-state index in [0.717, 1.165) is 5.56 Å². The Bertz CT molecular complexity index is 768. The molecule has 1 N–H and O–H groups in total. The molecule has 2 rings (SSSR count). The summed E-state index contributed by atoms with van der Waals surface area (Å²) in [5.74, 6) is -0.890. The third-order valence-corrected chi connectivity index (χ3v) is 3.41. The van der Waals surface area contributed by atoms with Crippen molar-refractivity contribution in [1.29, 1.82) is 0 Å². The van der Waals surface area contributed by atoms with Gasteiger partial charge in [0.1, 0.15) is 6.61 Å². The van der Waals surface area contributed by atoms with Crippen molar-refractivity contribution in [3.8, 4) is 5.75 Å². The second-order valence-electron chi connectivity index (χ2n) is 5.09. The highest BCUT2D eigenvalue weighted by atomic mass is 16.6. The van der Waals surface area contributed by atoms with Gasteiger partial charge >= 0.3 is 11.7 Å². The van der Waals surface area contributed by atoms with Crippen molar-refractivity contribution in [3.05, 3.63) is 75.3 Å². The maximum absolute atomic E-state index is 11.3. The summed E-state index contributed by atoms with van der Waals surface area (Å²) in [5.41, 5.74) is 1.34. The number of nitro benzene ring substituents is 1. The predicted octanol–water partition coefficient (Wildman–Crippen LogP) is 4.05. The number of rotatable bonds is 7. The molecule has 0 aliphatic carbocycles. The standard InChI is InChI=1S/C18H17NO5/c1-2-15(18(20)21)10-14-8-9-17(16(11-14)19(22)23)24-12-13-6-4-3-5-7-13/h3-11H,2,12H2,1H3,(H,20,21)/b15-10-. The molecule has 2 aromatic carbocycles. The minimum atomic E-state index is -1.04. The van der Waals surface area contributed by atoms with Gasteiger partial charge in [0.2, 0.25) is 0 Å². The van der Waals surface area contributed by atoms with Crippen LogP contribution in [0.5, 0.6) is 5.75 Å². The van der Waals surface area contributed by atoms with E-state index in [1.54, 1.807) is 13.0 Å². The Morgan fingerprint density at radius 1 is 1.25 bits per heavy atom. The van der Waals surface area contributed by atoms with Crippen LogP contribution in [0.15, 0.2) is 54.1 Å². The molecule has 0 aromatic heterocycles. The highest BCUT2D eigenvalue weighted by Crippen LogP contribution is 2.29. The van der Waals surface area contributed by atoms with Crippen molar-refractivity contribution in [2.75, 3.05) is 0 Å². The number of nitrogens with zero attached hydrogens (tertiary/aromatic N) is 1. The van der Waals surface area contributed by atoms with Gasteiger partial charge in [-0.25, -0.2) is 4.79 Å². The molecule has 0 spiro atoms. The van der Waals surface area contributed by atoms with Gasteiger partial charge in [-0.15, -0.1) is 0 Å². The van der Waals surface area contributed by atoms with Crippen LogP contribution in [0.25, 0.3) is 6.08 Å². The highest BCUT2D eigenvalue weighted by molar-refractivity contribution is 5.92. The minimum absolute atomic E-state index is 0.148. The number of ether oxygens (including phenoxy) is 1. The Hall–Kier alpha value is -3.15. The summed E-state index contributed by atoms with van der Waals surface area (Å²) in [4.78, 5) is 21.8. The van der Waals surface area contributed by atoms with E-state index in [1.165, 1.54) is 18.2 Å². The molecule has 0 fully saturated rings. The molecule has 0 radical (unpaired) electrons. The number of carboxylic acid groups (broad SMARTS) is 1. The molecule has 6 nitrogen and oxygen atoms in total. The van der Waals surface area contributed by atoms with Crippen molar-refractivity contribution in [1.82, 2.24) is 0 Å². The molecule has 0 saturated carbocycles. The van der Waals surface area contributed by atoms with Crippen molar-refractivity contribution in [3.63, 3.8) is 0 Å². The summed E-state index contributed by atoms with van der Waals surface area (Å²) in [6.45, 7) is 1.93. The third kappa shape index (κ3) is 4.42. The zero-order valence-electron chi connectivity index (χ0n) is 13.1. The second kappa shape index (κ2) is 7.92. The van der Waals surface area contributed by atoms with E-state index in [1.807, 2.05) is 30.3 Å². The molecule has 0 amide bonds. The van der Waals surface area contributed by atoms with Crippen LogP contribution in [-0.2, 0) is 11.4 Å². The molecular formula is C18H17NO5. The van der Waals surface area contributed by atoms with E-state index in [4.69, 9.17) is 9.84 Å². The summed E-state index contributed by atoms with van der Waals surface area (Å²) < 4.78 is 5.54. The van der Waals surface area contributed by atoms with Crippen LogP contribution >= 0.6 is 0 Å². The number of carboxylic acids is 1. The Kier molecular flexibility index (Phi) is 5.68. The number of benzene rings is 2. The maximum Gasteiger partial charge on any atom is 0.331 e. The summed E-state index contributed by atoms with van der Waals surface area (Å²) >= 11 is 0. The van der Waals surface area contributed by atoms with Crippen molar-refractivity contribution >= 4 is 17.7 Å². The first-order valence-corrected chi connectivity index (χ1v) is 7.40. The molecule has 124 valence electrons. The van der Waals surface area contributed by atoms with Crippen molar-refractivity contribution in [2.45, 2.75) is 20.0 Å². The van der Waals surface area contributed by atoms with Crippen molar-refractivity contribution in [2.24, 2.45) is 0 Å². The number of carbonyl (C=O) groups is 1. The number of hydrogen-bond acceptors (Lipinski definition) is 4. The van der Waals surface area contributed by atoms with E-state index < -0.39 is 10.9 Å². The summed E-state index contributed by atoms with van der Waals surface area (Å²) in [6, 6.07) is 13.7. The van der Waals surface area contributed by atoms with Crippen LogP contribution in [0.2, 0.25) is 0 Å². The SMILES string of the molecule is CC/C(=C/c1ccc(OCc2ccccc2)c([N+](=O)[O-])c1)C(=O)O. The lowest BCUT2D eigenvalue weighted by atomic mass is 10.1. The smallest absolute Gasteiger partial charge is 0.331 e. The summed E-state index contributed by atoms with van der Waals surface area (Å²) in [7, 11) is 0. The minimum Gasteiger partial charge on any atom is -0.482 e. The van der Waals surface area contributed by atoms with E-state index in [9.17, 15) is 14.9 Å². The van der Waals surface area contributed by atoms with Gasteiger partial charge in [0.25, 0.3) is 0 Å². The molecular weight excluding hydrogens is 310 g/mol. The molecule has 6 heteroatoms. The van der Waals surface area contributed by atoms with Crippen LogP contribution in [-0.4, -0.2) is 16.0 Å². The summed E-state index contributed by atoms with van der Waals surface area (Å²) in [5, 5.41) is 20.3. The molecule has 0 saturated heterocycles. The Morgan fingerprint density at radius 2 is 1.96 bits per heavy atom. The van der Waals surface area contributed by atoms with Crippen LogP contribution < -0.4 is 4.74 Å². The van der Waals surface area contributed by atoms with Crippen molar-refractivity contribution < 1.29 is 19.6 Å². The molecule has 0 aliphatic rings. The van der Waals surface area contributed by atoms with Gasteiger partial charge in [-0.05, 0) is 29.7 Å². The molecule has 0 unspecified atom stereocenters. The molecule has 0 atom stereocenters. The molecule has 24 heavy (non-hydrogen) atoms. The van der Waals surface area contributed by atoms with Gasteiger partial charge in [0.15, 0.2) is 5.75 Å². The van der Waals surface area contributed by atoms with Gasteiger partial charge in [-0.1, -0.05) is 43.3 Å². The van der Waals surface area contributed by atoms with E-state index in [0.29, 0.717) is 12.0 Å². The molecule has 2 aromatic rings. The number of hydrogen-bond donors (Lipinski definition) is 1. The first kappa shape index (κ1) is 17.2. The van der Waals surface area contributed by atoms with E-state index in [2.05, 4.69) is 0 Å². The lowest BCUT2D eigenvalue weighted by Gasteiger charge is -2.08. The average Bonchev–Trinajstić information content (AvgIpc) is 2.58. The second-order valence-corrected chi connectivity index (χ2v) is 5.09. The van der Waals surface area contributed by atoms with Crippen LogP contribution in [0.3, 0.4) is 0 Å². The predicted molar refractivity (Wildman–Crippen MR) is 89.8 cm³/mol. The Balaban J connectivity index is 2.27. The molecule has 0 heterocycles. The first-order chi connectivity index (χ1) is 11.5. The maximum atomic E-state index is 11.3. The fourth-order valence-corrected chi connectivity index (χ4v) is 2.14. The van der Waals surface area contributed by atoms with E-state index >= 15 is 0 Å². The quantitative estimate of drug-likeness (QED) is 0.470. The first-order valence-electron chi connectivity index (χ1n) is 7.40. The Labute approximate surface area is 139 Å². The van der Waals surface area contributed by atoms with Gasteiger partial charge in [0, 0.05) is 11.6 Å².